The largest absolute Gasteiger partial charge is 0.480 e. The van der Waals surface area contributed by atoms with E-state index in [2.05, 4.69) is 5.32 Å². The van der Waals surface area contributed by atoms with Gasteiger partial charge in [-0.2, -0.15) is 0 Å². The van der Waals surface area contributed by atoms with Crippen molar-refractivity contribution in [3.8, 4) is 0 Å². The summed E-state index contributed by atoms with van der Waals surface area (Å²) in [6.45, 7) is 2.87. The van der Waals surface area contributed by atoms with Crippen LogP contribution in [0.25, 0.3) is 0 Å². The Balaban J connectivity index is 2.02. The molecule has 1 fully saturated rings. The summed E-state index contributed by atoms with van der Waals surface area (Å²) in [5.74, 6) is -1.47. The van der Waals surface area contributed by atoms with Crippen LogP contribution in [-0.4, -0.2) is 36.2 Å². The normalized spacial score (nSPS) is 19.6. The highest BCUT2D eigenvalue weighted by Gasteiger charge is 2.28. The minimum Gasteiger partial charge on any atom is -0.480 e. The fourth-order valence-electron chi connectivity index (χ4n) is 2.29. The Kier molecular flexibility index (Phi) is 4.74. The first-order chi connectivity index (χ1) is 9.58. The van der Waals surface area contributed by atoms with Gasteiger partial charge in [0.15, 0.2) is 0 Å². The summed E-state index contributed by atoms with van der Waals surface area (Å²) in [6, 6.07) is 6.69. The van der Waals surface area contributed by atoms with Gasteiger partial charge >= 0.3 is 5.97 Å². The molecule has 1 amide bonds. The van der Waals surface area contributed by atoms with E-state index < -0.39 is 12.0 Å². The first-order valence-electron chi connectivity index (χ1n) is 6.73. The van der Waals surface area contributed by atoms with Gasteiger partial charge in [0.25, 0.3) is 0 Å². The SMILES string of the molecule is Cc1ccccc1C[C@@H](NC(=O)[C@@H]1CCOC1)C(=O)O. The summed E-state index contributed by atoms with van der Waals surface area (Å²) in [6.07, 6.45) is 0.948. The Bertz CT molecular complexity index is 494. The average Bonchev–Trinajstić information content (AvgIpc) is 2.94. The lowest BCUT2D eigenvalue weighted by Gasteiger charge is -2.17. The molecule has 108 valence electrons. The third-order valence-corrected chi connectivity index (χ3v) is 3.60. The summed E-state index contributed by atoms with van der Waals surface area (Å²) >= 11 is 0. The Hall–Kier alpha value is -1.88. The molecule has 0 spiro atoms. The van der Waals surface area contributed by atoms with E-state index in [-0.39, 0.29) is 11.8 Å². The number of amides is 1. The third-order valence-electron chi connectivity index (χ3n) is 3.60. The summed E-state index contributed by atoms with van der Waals surface area (Å²) in [7, 11) is 0. The maximum absolute atomic E-state index is 12.0. The molecule has 0 aromatic heterocycles. The number of nitrogens with one attached hydrogen (secondary N) is 1. The van der Waals surface area contributed by atoms with Crippen LogP contribution in [-0.2, 0) is 20.7 Å². The van der Waals surface area contributed by atoms with Gasteiger partial charge in [-0.3, -0.25) is 4.79 Å². The number of ether oxygens (including phenoxy) is 1. The number of carboxylic acids is 1. The molecule has 0 saturated carbocycles. The molecule has 2 N–H and O–H groups in total. The van der Waals surface area contributed by atoms with Crippen molar-refractivity contribution in [1.82, 2.24) is 5.32 Å². The minimum atomic E-state index is -1.01. The van der Waals surface area contributed by atoms with Crippen molar-refractivity contribution in [2.75, 3.05) is 13.2 Å². The van der Waals surface area contributed by atoms with Crippen LogP contribution in [0.1, 0.15) is 17.5 Å². The molecule has 2 rings (SSSR count). The van der Waals surface area contributed by atoms with Gasteiger partial charge in [-0.15, -0.1) is 0 Å². The quantitative estimate of drug-likeness (QED) is 0.846. The molecule has 5 heteroatoms. The minimum absolute atomic E-state index is 0.228. The lowest BCUT2D eigenvalue weighted by molar-refractivity contribution is -0.142. The highest BCUT2D eigenvalue weighted by molar-refractivity contribution is 5.85. The number of benzene rings is 1. The van der Waals surface area contributed by atoms with Gasteiger partial charge < -0.3 is 15.2 Å². The number of aliphatic carboxylic acids is 1. The monoisotopic (exact) mass is 277 g/mol. The fourth-order valence-corrected chi connectivity index (χ4v) is 2.29. The number of carbonyl (C=O) groups is 2. The van der Waals surface area contributed by atoms with E-state index in [9.17, 15) is 14.7 Å². The van der Waals surface area contributed by atoms with E-state index in [0.29, 0.717) is 26.1 Å². The number of rotatable bonds is 5. The maximum Gasteiger partial charge on any atom is 0.326 e. The van der Waals surface area contributed by atoms with Crippen molar-refractivity contribution in [2.45, 2.75) is 25.8 Å². The van der Waals surface area contributed by atoms with Crippen molar-refractivity contribution < 1.29 is 19.4 Å². The van der Waals surface area contributed by atoms with Crippen LogP contribution < -0.4 is 5.32 Å². The molecule has 0 unspecified atom stereocenters. The second kappa shape index (κ2) is 6.52. The Labute approximate surface area is 117 Å². The van der Waals surface area contributed by atoms with E-state index in [0.717, 1.165) is 11.1 Å². The van der Waals surface area contributed by atoms with Crippen molar-refractivity contribution in [3.05, 3.63) is 35.4 Å². The average molecular weight is 277 g/mol. The second-order valence-corrected chi connectivity index (χ2v) is 5.09. The van der Waals surface area contributed by atoms with Gasteiger partial charge in [0.1, 0.15) is 6.04 Å². The molecule has 0 bridgehead atoms. The van der Waals surface area contributed by atoms with Crippen LogP contribution in [0.4, 0.5) is 0 Å². The van der Waals surface area contributed by atoms with Gasteiger partial charge in [-0.25, -0.2) is 4.79 Å². The van der Waals surface area contributed by atoms with Crippen molar-refractivity contribution in [3.63, 3.8) is 0 Å². The van der Waals surface area contributed by atoms with E-state index in [1.54, 1.807) is 0 Å². The molecule has 1 heterocycles. The lowest BCUT2D eigenvalue weighted by Crippen LogP contribution is -2.45. The van der Waals surface area contributed by atoms with Crippen LogP contribution in [0.15, 0.2) is 24.3 Å². The van der Waals surface area contributed by atoms with Crippen LogP contribution in [0, 0.1) is 12.8 Å². The maximum atomic E-state index is 12.0. The standard InChI is InChI=1S/C15H19NO4/c1-10-4-2-3-5-11(10)8-13(15(18)19)16-14(17)12-6-7-20-9-12/h2-5,12-13H,6-9H2,1H3,(H,16,17)(H,18,19)/t12-,13-/m1/s1. The van der Waals surface area contributed by atoms with Crippen molar-refractivity contribution >= 4 is 11.9 Å². The Morgan fingerprint density at radius 2 is 2.20 bits per heavy atom. The van der Waals surface area contributed by atoms with Gasteiger partial charge in [-0.1, -0.05) is 24.3 Å². The summed E-state index contributed by atoms with van der Waals surface area (Å²) in [5, 5.41) is 11.9. The Morgan fingerprint density at radius 1 is 1.45 bits per heavy atom. The fraction of sp³-hybridized carbons (Fsp3) is 0.467. The molecule has 0 radical (unpaired) electrons. The van der Waals surface area contributed by atoms with E-state index in [4.69, 9.17) is 4.74 Å². The summed E-state index contributed by atoms with van der Waals surface area (Å²) in [5.41, 5.74) is 1.96. The molecule has 1 aliphatic heterocycles. The smallest absolute Gasteiger partial charge is 0.326 e. The van der Waals surface area contributed by atoms with Crippen molar-refractivity contribution in [1.29, 1.82) is 0 Å². The molecule has 5 nitrogen and oxygen atoms in total. The van der Waals surface area contributed by atoms with E-state index in [1.165, 1.54) is 0 Å². The van der Waals surface area contributed by atoms with Gasteiger partial charge in [-0.05, 0) is 24.5 Å². The topological polar surface area (TPSA) is 75.6 Å². The number of hydrogen-bond donors (Lipinski definition) is 2. The predicted octanol–water partition coefficient (Wildman–Crippen LogP) is 1.14. The highest BCUT2D eigenvalue weighted by Crippen LogP contribution is 2.14. The van der Waals surface area contributed by atoms with E-state index in [1.807, 2.05) is 31.2 Å². The van der Waals surface area contributed by atoms with Crippen LogP contribution in [0.2, 0.25) is 0 Å². The zero-order valence-corrected chi connectivity index (χ0v) is 11.5. The zero-order chi connectivity index (χ0) is 14.5. The number of aryl methyl sites for hydroxylation is 1. The third kappa shape index (κ3) is 3.57. The first kappa shape index (κ1) is 14.5. The highest BCUT2D eigenvalue weighted by atomic mass is 16.5. The molecular formula is C15H19NO4. The number of carboxylic acid groups (broad SMARTS) is 1. The second-order valence-electron chi connectivity index (χ2n) is 5.09. The van der Waals surface area contributed by atoms with Crippen LogP contribution in [0.3, 0.4) is 0 Å². The molecule has 1 aromatic rings. The molecule has 1 aliphatic rings. The number of hydrogen-bond acceptors (Lipinski definition) is 3. The Morgan fingerprint density at radius 3 is 2.80 bits per heavy atom. The van der Waals surface area contributed by atoms with Crippen LogP contribution in [0.5, 0.6) is 0 Å². The molecule has 1 saturated heterocycles. The first-order valence-corrected chi connectivity index (χ1v) is 6.73. The lowest BCUT2D eigenvalue weighted by atomic mass is 10.00. The molecule has 20 heavy (non-hydrogen) atoms. The van der Waals surface area contributed by atoms with Gasteiger partial charge in [0, 0.05) is 13.0 Å². The molecule has 1 aromatic carbocycles. The predicted molar refractivity (Wildman–Crippen MR) is 73.4 cm³/mol. The summed E-state index contributed by atoms with van der Waals surface area (Å²) in [4.78, 5) is 23.3. The molecule has 2 atom stereocenters. The van der Waals surface area contributed by atoms with E-state index >= 15 is 0 Å². The van der Waals surface area contributed by atoms with Crippen LogP contribution >= 0.6 is 0 Å². The number of carbonyl (C=O) groups excluding carboxylic acids is 1. The molecule has 0 aliphatic carbocycles. The van der Waals surface area contributed by atoms with Gasteiger partial charge in [0.05, 0.1) is 12.5 Å². The van der Waals surface area contributed by atoms with Crippen molar-refractivity contribution in [2.24, 2.45) is 5.92 Å². The van der Waals surface area contributed by atoms with Gasteiger partial charge in [0.2, 0.25) is 5.91 Å². The summed E-state index contributed by atoms with van der Waals surface area (Å²) < 4.78 is 5.15. The zero-order valence-electron chi connectivity index (χ0n) is 11.5. The molecular weight excluding hydrogens is 258 g/mol.